The van der Waals surface area contributed by atoms with Crippen LogP contribution in [-0.2, 0) is 0 Å². The van der Waals surface area contributed by atoms with Crippen LogP contribution in [-0.4, -0.2) is 50.8 Å². The summed E-state index contributed by atoms with van der Waals surface area (Å²) in [5, 5.41) is 16.9. The normalized spacial score (nSPS) is 16.7. The van der Waals surface area contributed by atoms with E-state index in [0.29, 0.717) is 4.96 Å². The molecule has 4 heterocycles. The van der Waals surface area contributed by atoms with E-state index in [1.54, 1.807) is 11.3 Å². The maximum Gasteiger partial charge on any atom is 0.230 e. The van der Waals surface area contributed by atoms with Crippen LogP contribution in [0.15, 0.2) is 48.1 Å². The highest BCUT2D eigenvalue weighted by Crippen LogP contribution is 2.41. The lowest BCUT2D eigenvalue weighted by molar-refractivity contribution is 0.213. The molecule has 0 saturated carbocycles. The summed E-state index contributed by atoms with van der Waals surface area (Å²) in [7, 11) is 0. The van der Waals surface area contributed by atoms with E-state index < -0.39 is 0 Å². The van der Waals surface area contributed by atoms with Crippen LogP contribution in [0.5, 0.6) is 5.88 Å². The summed E-state index contributed by atoms with van der Waals surface area (Å²) in [5.41, 5.74) is 1.04. The van der Waals surface area contributed by atoms with E-state index in [2.05, 4.69) is 31.3 Å². The molecule has 1 saturated heterocycles. The molecule has 1 aromatic carbocycles. The number of halogens is 1. The molecule has 1 fully saturated rings. The summed E-state index contributed by atoms with van der Waals surface area (Å²) in [5.74, 6) is -0.0520. The molecule has 0 unspecified atom stereocenters. The topological polar surface area (TPSA) is 56.9 Å². The van der Waals surface area contributed by atoms with Crippen molar-refractivity contribution in [1.29, 1.82) is 0 Å². The number of benzene rings is 1. The van der Waals surface area contributed by atoms with Gasteiger partial charge in [0.15, 0.2) is 0 Å². The first-order chi connectivity index (χ1) is 13.7. The Morgan fingerprint density at radius 3 is 2.54 bits per heavy atom. The summed E-state index contributed by atoms with van der Waals surface area (Å²) in [6.45, 7) is 3.37. The number of aromatic nitrogens is 3. The summed E-state index contributed by atoms with van der Waals surface area (Å²) < 4.78 is 14.7. The minimum absolute atomic E-state index is 0.0242. The molecular weight excluding hydrogens is 397 g/mol. The zero-order valence-corrected chi connectivity index (χ0v) is 16.5. The van der Waals surface area contributed by atoms with Crippen molar-refractivity contribution in [3.8, 4) is 5.88 Å². The Labute approximate surface area is 169 Å². The Kier molecular flexibility index (Phi) is 4.50. The number of anilines is 1. The maximum absolute atomic E-state index is 13.2. The molecule has 0 amide bonds. The predicted octanol–water partition coefficient (Wildman–Crippen LogP) is 3.61. The second-order valence-corrected chi connectivity index (χ2v) is 8.65. The van der Waals surface area contributed by atoms with Crippen LogP contribution >= 0.6 is 22.7 Å². The van der Waals surface area contributed by atoms with Crippen LogP contribution < -0.4 is 4.90 Å². The number of thiophene rings is 1. The number of rotatable bonds is 4. The van der Waals surface area contributed by atoms with Crippen molar-refractivity contribution in [3.05, 3.63) is 63.7 Å². The fraction of sp³-hybridized carbons (Fsp3) is 0.263. The van der Waals surface area contributed by atoms with Gasteiger partial charge < -0.3 is 10.0 Å². The number of hydrogen-bond acceptors (Lipinski definition) is 7. The molecule has 1 aliphatic heterocycles. The molecule has 1 aliphatic rings. The van der Waals surface area contributed by atoms with Gasteiger partial charge in [-0.3, -0.25) is 4.90 Å². The largest absolute Gasteiger partial charge is 0.492 e. The molecule has 4 aromatic rings. The van der Waals surface area contributed by atoms with E-state index in [-0.39, 0.29) is 17.7 Å². The first kappa shape index (κ1) is 17.6. The first-order valence-electron chi connectivity index (χ1n) is 9.00. The van der Waals surface area contributed by atoms with Gasteiger partial charge in [-0.2, -0.15) is 9.61 Å². The SMILES string of the molecule is Oc1c([C@@H](c2cccs2)N2CCN(c3ccc(F)cc3)CC2)sc2ncnn12. The summed E-state index contributed by atoms with van der Waals surface area (Å²) in [6.07, 6.45) is 1.46. The van der Waals surface area contributed by atoms with Gasteiger partial charge in [-0.1, -0.05) is 17.4 Å². The third-order valence-corrected chi connectivity index (χ3v) is 7.08. The van der Waals surface area contributed by atoms with Crippen LogP contribution in [0.3, 0.4) is 0 Å². The Morgan fingerprint density at radius 2 is 1.86 bits per heavy atom. The third kappa shape index (κ3) is 3.05. The fourth-order valence-electron chi connectivity index (χ4n) is 3.68. The zero-order valence-electron chi connectivity index (χ0n) is 14.9. The first-order valence-corrected chi connectivity index (χ1v) is 10.7. The Bertz CT molecular complexity index is 1070. The fourth-order valence-corrected chi connectivity index (χ4v) is 5.71. The van der Waals surface area contributed by atoms with Crippen molar-refractivity contribution >= 4 is 33.3 Å². The Balaban J connectivity index is 1.42. The van der Waals surface area contributed by atoms with E-state index in [9.17, 15) is 9.50 Å². The van der Waals surface area contributed by atoms with E-state index in [1.807, 2.05) is 18.2 Å². The highest BCUT2D eigenvalue weighted by molar-refractivity contribution is 7.17. The van der Waals surface area contributed by atoms with Crippen molar-refractivity contribution in [1.82, 2.24) is 19.5 Å². The average Bonchev–Trinajstić information content (AvgIpc) is 3.45. The molecule has 0 spiro atoms. The second kappa shape index (κ2) is 7.16. The van der Waals surface area contributed by atoms with Crippen LogP contribution in [0.2, 0.25) is 0 Å². The lowest BCUT2D eigenvalue weighted by Gasteiger charge is -2.39. The highest BCUT2D eigenvalue weighted by Gasteiger charge is 2.32. The minimum Gasteiger partial charge on any atom is -0.492 e. The highest BCUT2D eigenvalue weighted by atomic mass is 32.1. The molecule has 5 rings (SSSR count). The lowest BCUT2D eigenvalue weighted by Crippen LogP contribution is -2.47. The molecule has 6 nitrogen and oxygen atoms in total. The Hall–Kier alpha value is -2.49. The summed E-state index contributed by atoms with van der Waals surface area (Å²) in [4.78, 5) is 11.6. The quantitative estimate of drug-likeness (QED) is 0.552. The van der Waals surface area contributed by atoms with Gasteiger partial charge in [0.2, 0.25) is 10.8 Å². The second-order valence-electron chi connectivity index (χ2n) is 6.66. The average molecular weight is 416 g/mol. The molecule has 28 heavy (non-hydrogen) atoms. The summed E-state index contributed by atoms with van der Waals surface area (Å²) in [6, 6.07) is 10.8. The molecular formula is C19H18FN5OS2. The van der Waals surface area contributed by atoms with Gasteiger partial charge in [0.25, 0.3) is 0 Å². The molecule has 1 N–H and O–H groups in total. The number of piperazine rings is 1. The molecule has 1 atom stereocenters. The standard InChI is InChI=1S/C19H18FN5OS2/c20-13-3-5-14(6-4-13)23-7-9-24(10-8-23)16(15-2-1-11-27-15)17-18(26)25-19(28-17)21-12-22-25/h1-6,11-12,16,26H,7-10H2/t16-/m1/s1. The number of thiazole rings is 1. The van der Waals surface area contributed by atoms with Gasteiger partial charge >= 0.3 is 0 Å². The molecule has 3 aromatic heterocycles. The van der Waals surface area contributed by atoms with Gasteiger partial charge in [0, 0.05) is 36.7 Å². The van der Waals surface area contributed by atoms with E-state index in [1.165, 1.54) is 39.2 Å². The van der Waals surface area contributed by atoms with Gasteiger partial charge in [-0.15, -0.1) is 11.3 Å². The van der Waals surface area contributed by atoms with Crippen LogP contribution in [0.25, 0.3) is 4.96 Å². The number of nitrogens with zero attached hydrogens (tertiary/aromatic N) is 5. The minimum atomic E-state index is -0.216. The van der Waals surface area contributed by atoms with Crippen LogP contribution in [0.4, 0.5) is 10.1 Å². The molecule has 9 heteroatoms. The molecule has 0 aliphatic carbocycles. The molecule has 0 bridgehead atoms. The van der Waals surface area contributed by atoms with Crippen molar-refractivity contribution in [2.45, 2.75) is 6.04 Å². The van der Waals surface area contributed by atoms with Crippen LogP contribution in [0, 0.1) is 5.82 Å². The molecule has 0 radical (unpaired) electrons. The van der Waals surface area contributed by atoms with Crippen molar-refractivity contribution in [3.63, 3.8) is 0 Å². The lowest BCUT2D eigenvalue weighted by atomic mass is 10.1. The maximum atomic E-state index is 13.2. The Morgan fingerprint density at radius 1 is 1.07 bits per heavy atom. The number of hydrogen-bond donors (Lipinski definition) is 1. The van der Waals surface area contributed by atoms with Crippen molar-refractivity contribution < 1.29 is 9.50 Å². The zero-order chi connectivity index (χ0) is 19.1. The van der Waals surface area contributed by atoms with E-state index in [0.717, 1.165) is 36.7 Å². The van der Waals surface area contributed by atoms with E-state index >= 15 is 0 Å². The summed E-state index contributed by atoms with van der Waals surface area (Å²) >= 11 is 3.17. The predicted molar refractivity (Wildman–Crippen MR) is 109 cm³/mol. The third-order valence-electron chi connectivity index (χ3n) is 5.07. The van der Waals surface area contributed by atoms with Gasteiger partial charge in [-0.25, -0.2) is 9.37 Å². The van der Waals surface area contributed by atoms with Crippen LogP contribution in [0.1, 0.15) is 15.8 Å². The molecule has 144 valence electrons. The number of aromatic hydroxyl groups is 1. The van der Waals surface area contributed by atoms with Gasteiger partial charge in [0.05, 0.1) is 10.9 Å². The van der Waals surface area contributed by atoms with Gasteiger partial charge in [-0.05, 0) is 35.7 Å². The number of fused-ring (bicyclic) bond motifs is 1. The van der Waals surface area contributed by atoms with Crippen molar-refractivity contribution in [2.24, 2.45) is 0 Å². The van der Waals surface area contributed by atoms with E-state index in [4.69, 9.17) is 0 Å². The monoisotopic (exact) mass is 415 g/mol. The van der Waals surface area contributed by atoms with Gasteiger partial charge in [0.1, 0.15) is 12.1 Å². The smallest absolute Gasteiger partial charge is 0.230 e. The van der Waals surface area contributed by atoms with Crippen molar-refractivity contribution in [2.75, 3.05) is 31.1 Å².